The molecule has 10 heteroatoms. The number of aromatic nitrogens is 2. The summed E-state index contributed by atoms with van der Waals surface area (Å²) < 4.78 is 6.32. The van der Waals surface area contributed by atoms with Gasteiger partial charge in [-0.05, 0) is 62.8 Å². The summed E-state index contributed by atoms with van der Waals surface area (Å²) in [7, 11) is 0. The van der Waals surface area contributed by atoms with Crippen molar-refractivity contribution < 1.29 is 14.3 Å². The molecule has 3 heterocycles. The molecule has 0 unspecified atom stereocenters. The fourth-order valence-corrected chi connectivity index (χ4v) is 7.17. The van der Waals surface area contributed by atoms with Crippen LogP contribution in [0.5, 0.6) is 5.75 Å². The number of piperazine rings is 1. The number of hydrogen-bond donors (Lipinski definition) is 2. The van der Waals surface area contributed by atoms with E-state index in [9.17, 15) is 9.59 Å². The number of hydrogen-bond acceptors (Lipinski definition) is 6. The molecule has 1 atom stereocenters. The standard InChI is InChI=1S/C36H48N6O3.ClH/c1-36(2,35(44)40-20-17-37-18-21-40)45-33-12-6-11-32(22-33)41-19-7-8-29(26-41)34(43)42(31-9-4-3-5-10-31)25-27-13-15-28(16-14-27)30-23-38-39-24-30;/h6,11-16,22-24,29,31,37H,3-5,7-10,17-21,25-26H2,1-2H3,(H,38,39);1H/t29-;/m1./s1. The van der Waals surface area contributed by atoms with Gasteiger partial charge >= 0.3 is 0 Å². The Morgan fingerprint density at radius 2 is 1.72 bits per heavy atom. The highest BCUT2D eigenvalue weighted by molar-refractivity contribution is 5.85. The van der Waals surface area contributed by atoms with E-state index in [4.69, 9.17) is 4.74 Å². The number of amides is 2. The van der Waals surface area contributed by atoms with Gasteiger partial charge in [0, 0.05) is 75.4 Å². The number of carbonyl (C=O) groups excluding carboxylic acids is 2. The average Bonchev–Trinajstić information content (AvgIpc) is 3.63. The van der Waals surface area contributed by atoms with Gasteiger partial charge in [0.1, 0.15) is 5.75 Å². The zero-order valence-electron chi connectivity index (χ0n) is 27.2. The summed E-state index contributed by atoms with van der Waals surface area (Å²) in [6, 6.07) is 16.9. The monoisotopic (exact) mass is 648 g/mol. The molecule has 0 spiro atoms. The zero-order chi connectivity index (χ0) is 31.2. The van der Waals surface area contributed by atoms with Crippen molar-refractivity contribution in [2.45, 2.75) is 77.0 Å². The molecule has 3 aromatic rings. The first-order valence-electron chi connectivity index (χ1n) is 16.8. The van der Waals surface area contributed by atoms with E-state index < -0.39 is 5.60 Å². The van der Waals surface area contributed by atoms with E-state index in [0.29, 0.717) is 38.0 Å². The van der Waals surface area contributed by atoms with Gasteiger partial charge in [0.25, 0.3) is 5.91 Å². The number of aromatic amines is 1. The highest BCUT2D eigenvalue weighted by Gasteiger charge is 2.36. The molecule has 248 valence electrons. The maximum Gasteiger partial charge on any atom is 0.266 e. The lowest BCUT2D eigenvalue weighted by Gasteiger charge is -2.40. The van der Waals surface area contributed by atoms with Crippen molar-refractivity contribution in [3.63, 3.8) is 0 Å². The molecule has 2 aliphatic heterocycles. The highest BCUT2D eigenvalue weighted by Crippen LogP contribution is 2.32. The summed E-state index contributed by atoms with van der Waals surface area (Å²) in [5.41, 5.74) is 3.42. The molecule has 2 saturated heterocycles. The van der Waals surface area contributed by atoms with Crippen LogP contribution >= 0.6 is 12.4 Å². The van der Waals surface area contributed by atoms with Crippen molar-refractivity contribution in [3.05, 3.63) is 66.5 Å². The lowest BCUT2D eigenvalue weighted by atomic mass is 9.90. The quantitative estimate of drug-likeness (QED) is 0.311. The average molecular weight is 649 g/mol. The normalized spacial score (nSPS) is 19.3. The maximum atomic E-state index is 14.3. The molecule has 2 aromatic carbocycles. The van der Waals surface area contributed by atoms with Crippen LogP contribution in [0, 0.1) is 5.92 Å². The van der Waals surface area contributed by atoms with Crippen LogP contribution in [0.1, 0.15) is 64.4 Å². The van der Waals surface area contributed by atoms with Crippen molar-refractivity contribution in [2.24, 2.45) is 5.92 Å². The SMILES string of the molecule is CC(C)(Oc1cccc(N2CCC[C@@H](C(=O)N(Cc3ccc(-c4cn[nH]c4)cc3)C3CCCCC3)C2)c1)C(=O)N1CCNCC1.Cl. The Bertz CT molecular complexity index is 1420. The second kappa shape index (κ2) is 15.4. The number of nitrogens with zero attached hydrogens (tertiary/aromatic N) is 4. The Kier molecular flexibility index (Phi) is 11.3. The van der Waals surface area contributed by atoms with Crippen LogP contribution in [0.3, 0.4) is 0 Å². The van der Waals surface area contributed by atoms with Gasteiger partial charge in [0.05, 0.1) is 12.1 Å². The minimum Gasteiger partial charge on any atom is -0.478 e. The largest absolute Gasteiger partial charge is 0.478 e. The first-order valence-corrected chi connectivity index (χ1v) is 16.8. The van der Waals surface area contributed by atoms with Crippen LogP contribution in [0.2, 0.25) is 0 Å². The summed E-state index contributed by atoms with van der Waals surface area (Å²) >= 11 is 0. The summed E-state index contributed by atoms with van der Waals surface area (Å²) in [5.74, 6) is 0.913. The number of H-pyrrole nitrogens is 1. The second-order valence-electron chi connectivity index (χ2n) is 13.4. The number of ether oxygens (including phenoxy) is 1. The Labute approximate surface area is 279 Å². The zero-order valence-corrected chi connectivity index (χ0v) is 28.1. The lowest BCUT2D eigenvalue weighted by molar-refractivity contribution is -0.146. The van der Waals surface area contributed by atoms with E-state index in [-0.39, 0.29) is 30.1 Å². The summed E-state index contributed by atoms with van der Waals surface area (Å²) in [4.78, 5) is 34.0. The third-order valence-corrected chi connectivity index (χ3v) is 9.68. The molecule has 46 heavy (non-hydrogen) atoms. The summed E-state index contributed by atoms with van der Waals surface area (Å²) in [6.45, 7) is 8.95. The van der Waals surface area contributed by atoms with Crippen molar-refractivity contribution in [2.75, 3.05) is 44.2 Å². The summed E-state index contributed by atoms with van der Waals surface area (Å²) in [5, 5.41) is 10.3. The van der Waals surface area contributed by atoms with Crippen molar-refractivity contribution in [3.8, 4) is 16.9 Å². The van der Waals surface area contributed by atoms with Gasteiger partial charge in [0.2, 0.25) is 5.91 Å². The first kappa shape index (κ1) is 33.8. The molecule has 1 aromatic heterocycles. The van der Waals surface area contributed by atoms with Crippen LogP contribution in [-0.2, 0) is 16.1 Å². The van der Waals surface area contributed by atoms with Crippen molar-refractivity contribution in [1.82, 2.24) is 25.3 Å². The summed E-state index contributed by atoms with van der Waals surface area (Å²) in [6.07, 6.45) is 11.4. The predicted octanol–water partition coefficient (Wildman–Crippen LogP) is 5.67. The van der Waals surface area contributed by atoms with Gasteiger partial charge in [-0.15, -0.1) is 12.4 Å². The Balaban J connectivity index is 0.00000417. The van der Waals surface area contributed by atoms with Gasteiger partial charge in [0.15, 0.2) is 5.60 Å². The van der Waals surface area contributed by atoms with Gasteiger partial charge in [-0.2, -0.15) is 5.10 Å². The van der Waals surface area contributed by atoms with E-state index in [0.717, 1.165) is 67.7 Å². The van der Waals surface area contributed by atoms with Gasteiger partial charge in [-0.3, -0.25) is 14.7 Å². The lowest BCUT2D eigenvalue weighted by Crippen LogP contribution is -2.54. The van der Waals surface area contributed by atoms with E-state index in [1.54, 1.807) is 0 Å². The third-order valence-electron chi connectivity index (χ3n) is 9.68. The minimum absolute atomic E-state index is 0. The molecule has 6 rings (SSSR count). The molecule has 1 aliphatic carbocycles. The minimum atomic E-state index is -0.965. The molecule has 2 amide bonds. The van der Waals surface area contributed by atoms with E-state index in [1.807, 2.05) is 49.3 Å². The van der Waals surface area contributed by atoms with E-state index in [1.165, 1.54) is 19.3 Å². The maximum absolute atomic E-state index is 14.3. The van der Waals surface area contributed by atoms with E-state index >= 15 is 0 Å². The number of halogens is 1. The topological polar surface area (TPSA) is 93.8 Å². The van der Waals surface area contributed by atoms with E-state index in [2.05, 4.69) is 55.6 Å². The first-order chi connectivity index (χ1) is 21.9. The van der Waals surface area contributed by atoms with Gasteiger partial charge in [-0.25, -0.2) is 0 Å². The molecule has 3 aliphatic rings. The van der Waals surface area contributed by atoms with Crippen LogP contribution in [0.4, 0.5) is 5.69 Å². The number of rotatable bonds is 9. The number of carbonyl (C=O) groups is 2. The fourth-order valence-electron chi connectivity index (χ4n) is 7.17. The Hall–Kier alpha value is -3.56. The Morgan fingerprint density at radius 1 is 0.957 bits per heavy atom. The molecular formula is C36H49ClN6O3. The predicted molar refractivity (Wildman–Crippen MR) is 184 cm³/mol. The van der Waals surface area contributed by atoms with Crippen LogP contribution < -0.4 is 15.0 Å². The molecule has 2 N–H and O–H groups in total. The highest BCUT2D eigenvalue weighted by atomic mass is 35.5. The molecule has 0 bridgehead atoms. The second-order valence-corrected chi connectivity index (χ2v) is 13.4. The van der Waals surface area contributed by atoms with Crippen molar-refractivity contribution >= 4 is 29.9 Å². The fraction of sp³-hybridized carbons (Fsp3) is 0.528. The number of piperidine rings is 1. The smallest absolute Gasteiger partial charge is 0.266 e. The molecule has 1 saturated carbocycles. The molecule has 3 fully saturated rings. The van der Waals surface area contributed by atoms with Crippen LogP contribution in [0.15, 0.2) is 60.9 Å². The number of nitrogens with one attached hydrogen (secondary N) is 2. The number of anilines is 1. The van der Waals surface area contributed by atoms with Gasteiger partial charge < -0.3 is 24.8 Å². The van der Waals surface area contributed by atoms with Crippen LogP contribution in [-0.4, -0.2) is 82.7 Å². The van der Waals surface area contributed by atoms with Gasteiger partial charge in [-0.1, -0.05) is 49.6 Å². The molecule has 0 radical (unpaired) electrons. The Morgan fingerprint density at radius 3 is 2.43 bits per heavy atom. The molecular weight excluding hydrogens is 600 g/mol. The van der Waals surface area contributed by atoms with Crippen LogP contribution in [0.25, 0.3) is 11.1 Å². The number of benzene rings is 2. The van der Waals surface area contributed by atoms with Crippen molar-refractivity contribution in [1.29, 1.82) is 0 Å². The third kappa shape index (κ3) is 8.04. The molecule has 9 nitrogen and oxygen atoms in total.